The molecule has 2 aliphatic rings. The van der Waals surface area contributed by atoms with Crippen molar-refractivity contribution in [3.63, 3.8) is 0 Å². The minimum Gasteiger partial charge on any atom is -0.490 e. The van der Waals surface area contributed by atoms with Gasteiger partial charge in [-0.2, -0.15) is 0 Å². The van der Waals surface area contributed by atoms with Crippen molar-refractivity contribution in [2.45, 2.75) is 19.3 Å². The van der Waals surface area contributed by atoms with Crippen molar-refractivity contribution in [1.82, 2.24) is 4.90 Å². The lowest BCUT2D eigenvalue weighted by molar-refractivity contribution is -0.136. The number of hydrogen-bond donors (Lipinski definition) is 1. The summed E-state index contributed by atoms with van der Waals surface area (Å²) in [4.78, 5) is 26.8. The summed E-state index contributed by atoms with van der Waals surface area (Å²) in [6.07, 6.45) is 2.10. The average molecular weight is 410 g/mol. The van der Waals surface area contributed by atoms with Crippen LogP contribution in [0.2, 0.25) is 0 Å². The van der Waals surface area contributed by atoms with Crippen molar-refractivity contribution < 1.29 is 23.8 Å². The highest BCUT2D eigenvalue weighted by Crippen LogP contribution is 2.32. The van der Waals surface area contributed by atoms with E-state index in [0.29, 0.717) is 62.1 Å². The van der Waals surface area contributed by atoms with E-state index in [-0.39, 0.29) is 24.3 Å². The van der Waals surface area contributed by atoms with Crippen LogP contribution >= 0.6 is 0 Å². The lowest BCUT2D eigenvalue weighted by Gasteiger charge is -2.31. The number of para-hydroxylation sites is 1. The SMILES string of the molecule is O=C(Nc1ccc2c(c1)OCCCO2)C1CCN(C(=O)COc2ccccc2)CC1. The lowest BCUT2D eigenvalue weighted by Crippen LogP contribution is -2.43. The number of amides is 2. The molecular formula is C23H26N2O5. The van der Waals surface area contributed by atoms with E-state index in [9.17, 15) is 9.59 Å². The first-order chi connectivity index (χ1) is 14.7. The van der Waals surface area contributed by atoms with Crippen LogP contribution in [-0.2, 0) is 9.59 Å². The van der Waals surface area contributed by atoms with Gasteiger partial charge in [-0.3, -0.25) is 9.59 Å². The molecule has 0 unspecified atom stereocenters. The molecule has 0 radical (unpaired) electrons. The quantitative estimate of drug-likeness (QED) is 0.820. The number of nitrogens with zero attached hydrogens (tertiary/aromatic N) is 1. The van der Waals surface area contributed by atoms with E-state index in [1.807, 2.05) is 42.5 Å². The normalized spacial score (nSPS) is 16.5. The fourth-order valence-corrected chi connectivity index (χ4v) is 3.63. The molecule has 0 bridgehead atoms. The van der Waals surface area contributed by atoms with Crippen molar-refractivity contribution in [2.24, 2.45) is 5.92 Å². The van der Waals surface area contributed by atoms with E-state index in [0.717, 1.165) is 6.42 Å². The summed E-state index contributed by atoms with van der Waals surface area (Å²) >= 11 is 0. The second-order valence-corrected chi connectivity index (χ2v) is 7.46. The molecule has 0 saturated carbocycles. The van der Waals surface area contributed by atoms with Crippen molar-refractivity contribution in [3.05, 3.63) is 48.5 Å². The molecule has 1 fully saturated rings. The Hall–Kier alpha value is -3.22. The maximum Gasteiger partial charge on any atom is 0.260 e. The van der Waals surface area contributed by atoms with Crippen LogP contribution in [0.25, 0.3) is 0 Å². The zero-order valence-electron chi connectivity index (χ0n) is 16.8. The third kappa shape index (κ3) is 5.03. The van der Waals surface area contributed by atoms with Gasteiger partial charge in [0.15, 0.2) is 18.1 Å². The van der Waals surface area contributed by atoms with Crippen LogP contribution in [0, 0.1) is 5.92 Å². The molecule has 30 heavy (non-hydrogen) atoms. The average Bonchev–Trinajstić information content (AvgIpc) is 3.03. The molecule has 0 aromatic heterocycles. The van der Waals surface area contributed by atoms with E-state index in [1.54, 1.807) is 11.0 Å². The Morgan fingerprint density at radius 2 is 1.73 bits per heavy atom. The van der Waals surface area contributed by atoms with Gasteiger partial charge in [0.25, 0.3) is 5.91 Å². The molecule has 2 heterocycles. The van der Waals surface area contributed by atoms with Crippen molar-refractivity contribution in [1.29, 1.82) is 0 Å². The second-order valence-electron chi connectivity index (χ2n) is 7.46. The van der Waals surface area contributed by atoms with Gasteiger partial charge in [-0.15, -0.1) is 0 Å². The molecule has 1 saturated heterocycles. The molecule has 2 amide bonds. The van der Waals surface area contributed by atoms with Gasteiger partial charge in [-0.25, -0.2) is 0 Å². The Balaban J connectivity index is 1.25. The summed E-state index contributed by atoms with van der Waals surface area (Å²) in [7, 11) is 0. The fourth-order valence-electron chi connectivity index (χ4n) is 3.63. The van der Waals surface area contributed by atoms with E-state index < -0.39 is 0 Å². The molecule has 158 valence electrons. The highest BCUT2D eigenvalue weighted by atomic mass is 16.5. The number of fused-ring (bicyclic) bond motifs is 1. The maximum atomic E-state index is 12.7. The molecule has 2 aliphatic heterocycles. The Kier molecular flexibility index (Phi) is 6.37. The van der Waals surface area contributed by atoms with Gasteiger partial charge in [0.05, 0.1) is 13.2 Å². The molecule has 2 aromatic carbocycles. The van der Waals surface area contributed by atoms with E-state index >= 15 is 0 Å². The number of rotatable bonds is 5. The number of carbonyl (C=O) groups is 2. The minimum atomic E-state index is -0.125. The molecule has 0 spiro atoms. The standard InChI is InChI=1S/C23H26N2O5/c26-22(16-30-19-5-2-1-3-6-19)25-11-9-17(10-12-25)23(27)24-18-7-8-20-21(15-18)29-14-4-13-28-20/h1-3,5-8,15,17H,4,9-14,16H2,(H,24,27). The summed E-state index contributed by atoms with van der Waals surface area (Å²) in [5.74, 6) is 1.83. The number of benzene rings is 2. The first-order valence-corrected chi connectivity index (χ1v) is 10.4. The number of ether oxygens (including phenoxy) is 3. The summed E-state index contributed by atoms with van der Waals surface area (Å²) in [6.45, 7) is 2.35. The van der Waals surface area contributed by atoms with Crippen LogP contribution in [0.5, 0.6) is 17.2 Å². The predicted molar refractivity (Wildman–Crippen MR) is 112 cm³/mol. The molecule has 7 heteroatoms. The largest absolute Gasteiger partial charge is 0.490 e. The second kappa shape index (κ2) is 9.52. The van der Waals surface area contributed by atoms with Gasteiger partial charge in [0, 0.05) is 37.2 Å². The van der Waals surface area contributed by atoms with Crippen LogP contribution in [-0.4, -0.2) is 49.6 Å². The predicted octanol–water partition coefficient (Wildman–Crippen LogP) is 3.10. The molecule has 2 aromatic rings. The highest BCUT2D eigenvalue weighted by molar-refractivity contribution is 5.93. The highest BCUT2D eigenvalue weighted by Gasteiger charge is 2.27. The number of piperidine rings is 1. The Bertz CT molecular complexity index is 878. The van der Waals surface area contributed by atoms with E-state index in [4.69, 9.17) is 14.2 Å². The number of hydrogen-bond acceptors (Lipinski definition) is 5. The summed E-state index contributed by atoms with van der Waals surface area (Å²) in [6, 6.07) is 14.7. The third-order valence-corrected chi connectivity index (χ3v) is 5.34. The van der Waals surface area contributed by atoms with Gasteiger partial charge >= 0.3 is 0 Å². The monoisotopic (exact) mass is 410 g/mol. The molecule has 0 aliphatic carbocycles. The molecule has 4 rings (SSSR count). The zero-order chi connectivity index (χ0) is 20.8. The van der Waals surface area contributed by atoms with Crippen molar-refractivity contribution in [2.75, 3.05) is 38.2 Å². The van der Waals surface area contributed by atoms with Gasteiger partial charge in [-0.05, 0) is 37.1 Å². The lowest BCUT2D eigenvalue weighted by atomic mass is 9.95. The Labute approximate surface area is 175 Å². The van der Waals surface area contributed by atoms with Crippen LogP contribution in [0.15, 0.2) is 48.5 Å². The van der Waals surface area contributed by atoms with Crippen LogP contribution in [0.3, 0.4) is 0 Å². The molecular weight excluding hydrogens is 384 g/mol. The number of anilines is 1. The van der Waals surface area contributed by atoms with E-state index in [2.05, 4.69) is 5.32 Å². The molecule has 0 atom stereocenters. The van der Waals surface area contributed by atoms with E-state index in [1.165, 1.54) is 0 Å². The number of likely N-dealkylation sites (tertiary alicyclic amines) is 1. The number of carbonyl (C=O) groups excluding carboxylic acids is 2. The van der Waals surface area contributed by atoms with Gasteiger partial charge in [0.1, 0.15) is 5.75 Å². The Morgan fingerprint density at radius 3 is 2.50 bits per heavy atom. The third-order valence-electron chi connectivity index (χ3n) is 5.34. The fraction of sp³-hybridized carbons (Fsp3) is 0.391. The van der Waals surface area contributed by atoms with Gasteiger partial charge in [-0.1, -0.05) is 18.2 Å². The minimum absolute atomic E-state index is 0.0120. The summed E-state index contributed by atoms with van der Waals surface area (Å²) in [5.41, 5.74) is 0.694. The molecule has 7 nitrogen and oxygen atoms in total. The summed E-state index contributed by atoms with van der Waals surface area (Å²) in [5, 5.41) is 2.97. The Morgan fingerprint density at radius 1 is 1.00 bits per heavy atom. The first-order valence-electron chi connectivity index (χ1n) is 10.4. The first kappa shape index (κ1) is 20.1. The number of nitrogens with one attached hydrogen (secondary N) is 1. The van der Waals surface area contributed by atoms with Gasteiger partial charge in [0.2, 0.25) is 5.91 Å². The van der Waals surface area contributed by atoms with Crippen LogP contribution < -0.4 is 19.5 Å². The van der Waals surface area contributed by atoms with Crippen molar-refractivity contribution >= 4 is 17.5 Å². The zero-order valence-corrected chi connectivity index (χ0v) is 16.8. The topological polar surface area (TPSA) is 77.1 Å². The smallest absolute Gasteiger partial charge is 0.260 e. The van der Waals surface area contributed by atoms with Crippen molar-refractivity contribution in [3.8, 4) is 17.2 Å². The van der Waals surface area contributed by atoms with Gasteiger partial charge < -0.3 is 24.4 Å². The molecule has 1 N–H and O–H groups in total. The van der Waals surface area contributed by atoms with Crippen LogP contribution in [0.1, 0.15) is 19.3 Å². The summed E-state index contributed by atoms with van der Waals surface area (Å²) < 4.78 is 16.8. The van der Waals surface area contributed by atoms with Crippen LogP contribution in [0.4, 0.5) is 5.69 Å². The maximum absolute atomic E-state index is 12.7.